The first-order valence-corrected chi connectivity index (χ1v) is 5.69. The van der Waals surface area contributed by atoms with Gasteiger partial charge in [0.2, 0.25) is 5.91 Å². The van der Waals surface area contributed by atoms with Crippen molar-refractivity contribution in [2.24, 2.45) is 0 Å². The van der Waals surface area contributed by atoms with E-state index < -0.39 is 0 Å². The summed E-state index contributed by atoms with van der Waals surface area (Å²) >= 11 is 0. The summed E-state index contributed by atoms with van der Waals surface area (Å²) in [6, 6.07) is -0.00424. The average molecular weight is 240 g/mol. The van der Waals surface area contributed by atoms with Gasteiger partial charge in [0, 0.05) is 18.7 Å². The molecule has 0 aliphatic rings. The smallest absolute Gasteiger partial charge is 0.227 e. The first-order chi connectivity index (χ1) is 7.97. The van der Waals surface area contributed by atoms with Crippen LogP contribution in [0.3, 0.4) is 0 Å². The maximum Gasteiger partial charge on any atom is 0.227 e. The van der Waals surface area contributed by atoms with Crippen molar-refractivity contribution in [1.29, 1.82) is 0 Å². The van der Waals surface area contributed by atoms with Gasteiger partial charge >= 0.3 is 0 Å². The van der Waals surface area contributed by atoms with E-state index in [0.717, 1.165) is 11.3 Å². The summed E-state index contributed by atoms with van der Waals surface area (Å²) in [4.78, 5) is 12.0. The lowest BCUT2D eigenvalue weighted by Gasteiger charge is -2.16. The third-order valence-corrected chi connectivity index (χ3v) is 2.72. The Balaban J connectivity index is 2.70. The molecule has 96 valence electrons. The highest BCUT2D eigenvalue weighted by molar-refractivity contribution is 5.83. The molecule has 1 N–H and O–H groups in total. The number of methoxy groups -OCH3 is 1. The molecule has 0 spiro atoms. The van der Waals surface area contributed by atoms with E-state index >= 15 is 0 Å². The fourth-order valence-corrected chi connectivity index (χ4v) is 1.90. The Bertz CT molecular complexity index is 368. The second-order valence-electron chi connectivity index (χ2n) is 4.32. The maximum absolute atomic E-state index is 12.0. The Hall–Kier alpha value is -1.36. The van der Waals surface area contributed by atoms with Crippen LogP contribution in [0, 0.1) is 13.8 Å². The van der Waals surface area contributed by atoms with E-state index in [1.54, 1.807) is 7.11 Å². The van der Waals surface area contributed by atoms with E-state index in [1.165, 1.54) is 0 Å². The number of rotatable bonds is 5. The van der Waals surface area contributed by atoms with Gasteiger partial charge in [-0.3, -0.25) is 4.79 Å². The lowest BCUT2D eigenvalue weighted by molar-refractivity contribution is -0.123. The molecule has 1 heterocycles. The number of nitrogens with zero attached hydrogens (tertiary/aromatic N) is 1. The molecule has 0 fully saturated rings. The predicted molar refractivity (Wildman–Crippen MR) is 63.9 cm³/mol. The number of hydrogen-bond acceptors (Lipinski definition) is 4. The van der Waals surface area contributed by atoms with Crippen molar-refractivity contribution >= 4 is 5.91 Å². The lowest BCUT2D eigenvalue weighted by Crippen LogP contribution is -2.38. The minimum Gasteiger partial charge on any atom is -0.383 e. The fraction of sp³-hybridized carbons (Fsp3) is 0.667. The fourth-order valence-electron chi connectivity index (χ4n) is 1.90. The maximum atomic E-state index is 12.0. The number of amides is 1. The molecule has 1 aromatic heterocycles. The van der Waals surface area contributed by atoms with E-state index in [2.05, 4.69) is 10.5 Å². The van der Waals surface area contributed by atoms with Gasteiger partial charge in [-0.2, -0.15) is 0 Å². The van der Waals surface area contributed by atoms with Crippen molar-refractivity contribution in [2.45, 2.75) is 39.7 Å². The van der Waals surface area contributed by atoms with Crippen LogP contribution in [0.4, 0.5) is 0 Å². The molecule has 0 aromatic carbocycles. The highest BCUT2D eigenvalue weighted by Gasteiger charge is 2.23. The zero-order valence-electron chi connectivity index (χ0n) is 11.0. The number of ether oxygens (including phenoxy) is 1. The van der Waals surface area contributed by atoms with Crippen molar-refractivity contribution < 1.29 is 14.1 Å². The van der Waals surface area contributed by atoms with Crippen molar-refractivity contribution in [3.05, 3.63) is 17.0 Å². The second kappa shape index (κ2) is 5.82. The van der Waals surface area contributed by atoms with Crippen LogP contribution >= 0.6 is 0 Å². The number of carbonyl (C=O) groups excluding carboxylic acids is 1. The molecule has 17 heavy (non-hydrogen) atoms. The number of aryl methyl sites for hydroxylation is 2. The lowest BCUT2D eigenvalue weighted by atomic mass is 9.98. The van der Waals surface area contributed by atoms with Crippen LogP contribution in [-0.4, -0.2) is 30.8 Å². The monoisotopic (exact) mass is 240 g/mol. The number of hydrogen-bond donors (Lipinski definition) is 1. The second-order valence-corrected chi connectivity index (χ2v) is 4.32. The van der Waals surface area contributed by atoms with Gasteiger partial charge < -0.3 is 14.6 Å². The van der Waals surface area contributed by atoms with Crippen LogP contribution in [-0.2, 0) is 9.53 Å². The van der Waals surface area contributed by atoms with Crippen molar-refractivity contribution in [1.82, 2.24) is 10.5 Å². The number of carbonyl (C=O) groups is 1. The molecule has 0 unspecified atom stereocenters. The van der Waals surface area contributed by atoms with Crippen molar-refractivity contribution in [2.75, 3.05) is 13.7 Å². The van der Waals surface area contributed by atoms with E-state index in [9.17, 15) is 4.79 Å². The molecule has 0 saturated heterocycles. The van der Waals surface area contributed by atoms with E-state index in [-0.39, 0.29) is 17.9 Å². The molecular formula is C12H20N2O3. The van der Waals surface area contributed by atoms with Crippen LogP contribution in [0.2, 0.25) is 0 Å². The molecule has 1 rings (SSSR count). The molecule has 5 heteroatoms. The van der Waals surface area contributed by atoms with Gasteiger partial charge in [0.15, 0.2) is 0 Å². The highest BCUT2D eigenvalue weighted by atomic mass is 16.5. The van der Waals surface area contributed by atoms with Crippen molar-refractivity contribution in [3.63, 3.8) is 0 Å². The van der Waals surface area contributed by atoms with Gasteiger partial charge in [-0.15, -0.1) is 0 Å². The Morgan fingerprint density at radius 2 is 2.12 bits per heavy atom. The topological polar surface area (TPSA) is 64.4 Å². The van der Waals surface area contributed by atoms with Crippen LogP contribution in [0.5, 0.6) is 0 Å². The SMILES string of the molecule is COC[C@@H](C)NC(=O)[C@H](C)c1c(C)noc1C. The average Bonchev–Trinajstić information content (AvgIpc) is 2.58. The van der Waals surface area contributed by atoms with Crippen LogP contribution in [0.1, 0.15) is 36.8 Å². The van der Waals surface area contributed by atoms with E-state index in [1.807, 2.05) is 27.7 Å². The molecule has 2 atom stereocenters. The summed E-state index contributed by atoms with van der Waals surface area (Å²) in [5.41, 5.74) is 1.64. The zero-order valence-corrected chi connectivity index (χ0v) is 11.0. The Labute approximate surface area is 102 Å². The summed E-state index contributed by atoms with van der Waals surface area (Å²) in [5, 5.41) is 6.75. The summed E-state index contributed by atoms with van der Waals surface area (Å²) < 4.78 is 10.0. The molecule has 0 aliphatic heterocycles. The van der Waals surface area contributed by atoms with Crippen molar-refractivity contribution in [3.8, 4) is 0 Å². The third kappa shape index (κ3) is 3.30. The largest absolute Gasteiger partial charge is 0.383 e. The quantitative estimate of drug-likeness (QED) is 0.848. The first kappa shape index (κ1) is 13.7. The highest BCUT2D eigenvalue weighted by Crippen LogP contribution is 2.23. The standard InChI is InChI=1S/C12H20N2O3/c1-7(6-16-5)13-12(15)8(2)11-9(3)14-17-10(11)4/h7-8H,6H2,1-5H3,(H,13,15)/t7-,8-/m1/s1. The molecule has 5 nitrogen and oxygen atoms in total. The number of nitrogens with one attached hydrogen (secondary N) is 1. The molecule has 1 amide bonds. The molecule has 0 aliphatic carbocycles. The van der Waals surface area contributed by atoms with Gasteiger partial charge in [0.1, 0.15) is 5.76 Å². The number of aromatic nitrogens is 1. The molecule has 1 aromatic rings. The van der Waals surface area contributed by atoms with E-state index in [0.29, 0.717) is 12.4 Å². The van der Waals surface area contributed by atoms with Crippen LogP contribution < -0.4 is 5.32 Å². The molecule has 0 bridgehead atoms. The van der Waals surface area contributed by atoms with Gasteiger partial charge in [0.05, 0.1) is 18.2 Å². The molecular weight excluding hydrogens is 220 g/mol. The summed E-state index contributed by atoms with van der Waals surface area (Å²) in [6.45, 7) is 7.91. The van der Waals surface area contributed by atoms with Gasteiger partial charge in [-0.05, 0) is 27.7 Å². The Kier molecular flexibility index (Phi) is 4.69. The third-order valence-electron chi connectivity index (χ3n) is 2.72. The van der Waals surface area contributed by atoms with Gasteiger partial charge in [-0.1, -0.05) is 5.16 Å². The summed E-state index contributed by atoms with van der Waals surface area (Å²) in [6.07, 6.45) is 0. The summed E-state index contributed by atoms with van der Waals surface area (Å²) in [5.74, 6) is 0.397. The zero-order chi connectivity index (χ0) is 13.0. The Morgan fingerprint density at radius 1 is 1.47 bits per heavy atom. The van der Waals surface area contributed by atoms with E-state index in [4.69, 9.17) is 9.26 Å². The minimum atomic E-state index is -0.263. The molecule has 0 radical (unpaired) electrons. The minimum absolute atomic E-state index is 0.00424. The molecule has 0 saturated carbocycles. The normalized spacial score (nSPS) is 14.4. The Morgan fingerprint density at radius 3 is 2.59 bits per heavy atom. The predicted octanol–water partition coefficient (Wildman–Crippen LogP) is 1.55. The van der Waals surface area contributed by atoms with Crippen LogP contribution in [0.15, 0.2) is 4.52 Å². The van der Waals surface area contributed by atoms with Gasteiger partial charge in [-0.25, -0.2) is 0 Å². The van der Waals surface area contributed by atoms with Gasteiger partial charge in [0.25, 0.3) is 0 Å². The summed E-state index contributed by atoms with van der Waals surface area (Å²) in [7, 11) is 1.61. The van der Waals surface area contributed by atoms with Crippen LogP contribution in [0.25, 0.3) is 0 Å². The first-order valence-electron chi connectivity index (χ1n) is 5.69.